The smallest absolute Gasteiger partial charge is 0.125 e. The van der Waals surface area contributed by atoms with Crippen molar-refractivity contribution in [1.82, 2.24) is 0 Å². The van der Waals surface area contributed by atoms with Gasteiger partial charge in [0, 0.05) is 15.4 Å². The van der Waals surface area contributed by atoms with E-state index in [1.54, 1.807) is 26.2 Å². The molecule has 0 fully saturated rings. The maximum Gasteiger partial charge on any atom is 0.125 e. The van der Waals surface area contributed by atoms with E-state index in [-0.39, 0.29) is 0 Å². The van der Waals surface area contributed by atoms with Crippen molar-refractivity contribution in [2.45, 2.75) is 22.8 Å². The maximum absolute atomic E-state index is 9.95. The van der Waals surface area contributed by atoms with E-state index in [0.29, 0.717) is 15.8 Å². The van der Waals surface area contributed by atoms with Gasteiger partial charge in [0.25, 0.3) is 0 Å². The van der Waals surface area contributed by atoms with Crippen LogP contribution in [0.15, 0.2) is 46.2 Å². The molecule has 0 spiro atoms. The molecule has 1 N–H and O–H groups in total. The SMILES string of the molecule is COc1cccc(Sc2ccc(Cl)c(Cl)c2)c1C(C)O. The fourth-order valence-electron chi connectivity index (χ4n) is 1.87. The van der Waals surface area contributed by atoms with Gasteiger partial charge in [0.15, 0.2) is 0 Å². The summed E-state index contributed by atoms with van der Waals surface area (Å²) in [5.41, 5.74) is 0.770. The first kappa shape index (κ1) is 15.5. The van der Waals surface area contributed by atoms with Gasteiger partial charge in [0.1, 0.15) is 5.75 Å². The van der Waals surface area contributed by atoms with Crippen LogP contribution in [-0.2, 0) is 0 Å². The molecule has 0 saturated heterocycles. The van der Waals surface area contributed by atoms with E-state index in [0.717, 1.165) is 15.4 Å². The second-order valence-electron chi connectivity index (χ2n) is 4.23. The molecule has 0 saturated carbocycles. The van der Waals surface area contributed by atoms with Crippen LogP contribution in [0, 0.1) is 0 Å². The highest BCUT2D eigenvalue weighted by Crippen LogP contribution is 2.39. The van der Waals surface area contributed by atoms with Crippen molar-refractivity contribution in [3.05, 3.63) is 52.0 Å². The summed E-state index contributed by atoms with van der Waals surface area (Å²) >= 11 is 13.4. The number of halogens is 2. The highest BCUT2D eigenvalue weighted by atomic mass is 35.5. The molecule has 2 aromatic rings. The van der Waals surface area contributed by atoms with Crippen molar-refractivity contribution in [3.63, 3.8) is 0 Å². The first-order valence-electron chi connectivity index (χ1n) is 6.00. The van der Waals surface area contributed by atoms with E-state index < -0.39 is 6.10 Å². The summed E-state index contributed by atoms with van der Waals surface area (Å²) in [4.78, 5) is 1.88. The quantitative estimate of drug-likeness (QED) is 0.835. The van der Waals surface area contributed by atoms with Crippen molar-refractivity contribution in [3.8, 4) is 5.75 Å². The molecule has 0 heterocycles. The van der Waals surface area contributed by atoms with Crippen LogP contribution in [0.1, 0.15) is 18.6 Å². The Balaban J connectivity index is 2.40. The van der Waals surface area contributed by atoms with Crippen molar-refractivity contribution in [1.29, 1.82) is 0 Å². The number of aliphatic hydroxyl groups excluding tert-OH is 1. The standard InChI is InChI=1S/C15H14Cl2O2S/c1-9(18)15-13(19-2)4-3-5-14(15)20-10-6-7-11(16)12(17)8-10/h3-9,18H,1-2H3. The molecule has 2 rings (SSSR count). The van der Waals surface area contributed by atoms with Crippen molar-refractivity contribution >= 4 is 35.0 Å². The molecule has 0 amide bonds. The molecule has 0 bridgehead atoms. The van der Waals surface area contributed by atoms with E-state index in [4.69, 9.17) is 27.9 Å². The first-order chi connectivity index (χ1) is 9.52. The number of benzene rings is 2. The third kappa shape index (κ3) is 3.41. The lowest BCUT2D eigenvalue weighted by molar-refractivity contribution is 0.191. The molecule has 0 radical (unpaired) electrons. The van der Waals surface area contributed by atoms with E-state index in [1.807, 2.05) is 24.3 Å². The number of hydrogen-bond donors (Lipinski definition) is 1. The van der Waals surface area contributed by atoms with E-state index in [1.165, 1.54) is 11.8 Å². The van der Waals surface area contributed by atoms with Crippen LogP contribution in [0.25, 0.3) is 0 Å². The Morgan fingerprint density at radius 3 is 2.50 bits per heavy atom. The molecule has 0 aliphatic rings. The number of rotatable bonds is 4. The summed E-state index contributed by atoms with van der Waals surface area (Å²) in [6.45, 7) is 1.72. The molecule has 1 unspecified atom stereocenters. The molecule has 1 atom stereocenters. The average molecular weight is 329 g/mol. The number of hydrogen-bond acceptors (Lipinski definition) is 3. The topological polar surface area (TPSA) is 29.5 Å². The fourth-order valence-corrected chi connectivity index (χ4v) is 3.33. The maximum atomic E-state index is 9.95. The van der Waals surface area contributed by atoms with Gasteiger partial charge in [0.2, 0.25) is 0 Å². The molecule has 0 aliphatic carbocycles. The van der Waals surface area contributed by atoms with Gasteiger partial charge in [-0.05, 0) is 37.3 Å². The Morgan fingerprint density at radius 2 is 1.90 bits per heavy atom. The lowest BCUT2D eigenvalue weighted by Gasteiger charge is -2.15. The van der Waals surface area contributed by atoms with Gasteiger partial charge in [-0.2, -0.15) is 0 Å². The summed E-state index contributed by atoms with van der Waals surface area (Å²) < 4.78 is 5.31. The van der Waals surface area contributed by atoms with Crippen LogP contribution in [0.3, 0.4) is 0 Å². The number of aliphatic hydroxyl groups is 1. The summed E-state index contributed by atoms with van der Waals surface area (Å²) in [5.74, 6) is 0.671. The first-order valence-corrected chi connectivity index (χ1v) is 7.58. The highest BCUT2D eigenvalue weighted by Gasteiger charge is 2.15. The van der Waals surface area contributed by atoms with Gasteiger partial charge < -0.3 is 9.84 Å². The van der Waals surface area contributed by atoms with E-state index in [2.05, 4.69) is 0 Å². The molecule has 20 heavy (non-hydrogen) atoms. The van der Waals surface area contributed by atoms with Gasteiger partial charge in [-0.25, -0.2) is 0 Å². The monoisotopic (exact) mass is 328 g/mol. The molecule has 0 aromatic heterocycles. The molecule has 106 valence electrons. The van der Waals surface area contributed by atoms with E-state index >= 15 is 0 Å². The van der Waals surface area contributed by atoms with Crippen molar-refractivity contribution < 1.29 is 9.84 Å². The highest BCUT2D eigenvalue weighted by molar-refractivity contribution is 7.99. The molecule has 0 aliphatic heterocycles. The average Bonchev–Trinajstić information content (AvgIpc) is 2.42. The lowest BCUT2D eigenvalue weighted by Crippen LogP contribution is -1.98. The third-order valence-electron chi connectivity index (χ3n) is 2.78. The number of ether oxygens (including phenoxy) is 1. The predicted octanol–water partition coefficient (Wildman–Crippen LogP) is 5.21. The van der Waals surface area contributed by atoms with Crippen LogP contribution in [-0.4, -0.2) is 12.2 Å². The van der Waals surface area contributed by atoms with Crippen molar-refractivity contribution in [2.75, 3.05) is 7.11 Å². The van der Waals surface area contributed by atoms with Crippen LogP contribution >= 0.6 is 35.0 Å². The Labute approximate surface area is 132 Å². The zero-order valence-electron chi connectivity index (χ0n) is 11.1. The van der Waals surface area contributed by atoms with Gasteiger partial charge in [-0.15, -0.1) is 0 Å². The summed E-state index contributed by atoms with van der Waals surface area (Å²) in [5, 5.41) is 11.0. The van der Waals surface area contributed by atoms with Crippen molar-refractivity contribution in [2.24, 2.45) is 0 Å². The Hall–Kier alpha value is -0.870. The van der Waals surface area contributed by atoms with Gasteiger partial charge in [-0.1, -0.05) is 41.0 Å². The molecular formula is C15H14Cl2O2S. The lowest BCUT2D eigenvalue weighted by atomic mass is 10.1. The van der Waals surface area contributed by atoms with Gasteiger partial charge >= 0.3 is 0 Å². The number of methoxy groups -OCH3 is 1. The second kappa shape index (κ2) is 6.72. The molecule has 2 aromatic carbocycles. The minimum atomic E-state index is -0.614. The van der Waals surface area contributed by atoms with Crippen LogP contribution in [0.4, 0.5) is 0 Å². The molecule has 2 nitrogen and oxygen atoms in total. The minimum absolute atomic E-state index is 0.512. The Bertz CT molecular complexity index is 615. The molecule has 5 heteroatoms. The predicted molar refractivity (Wildman–Crippen MR) is 84.2 cm³/mol. The van der Waals surface area contributed by atoms with Gasteiger partial charge in [-0.3, -0.25) is 0 Å². The summed E-state index contributed by atoms with van der Waals surface area (Å²) in [6.07, 6.45) is -0.614. The fraction of sp³-hybridized carbons (Fsp3) is 0.200. The zero-order chi connectivity index (χ0) is 14.7. The third-order valence-corrected chi connectivity index (χ3v) is 4.59. The van der Waals surface area contributed by atoms with Gasteiger partial charge in [0.05, 0.1) is 23.3 Å². The normalized spacial score (nSPS) is 12.2. The second-order valence-corrected chi connectivity index (χ2v) is 6.16. The minimum Gasteiger partial charge on any atom is -0.496 e. The summed E-state index contributed by atoms with van der Waals surface area (Å²) in [7, 11) is 1.59. The van der Waals surface area contributed by atoms with E-state index in [9.17, 15) is 5.11 Å². The Morgan fingerprint density at radius 1 is 1.15 bits per heavy atom. The Kier molecular flexibility index (Phi) is 5.22. The largest absolute Gasteiger partial charge is 0.496 e. The van der Waals surface area contributed by atoms with Crippen LogP contribution in [0.2, 0.25) is 10.0 Å². The summed E-state index contributed by atoms with van der Waals surface area (Å²) in [6, 6.07) is 11.1. The zero-order valence-corrected chi connectivity index (χ0v) is 13.4. The molecular weight excluding hydrogens is 315 g/mol. The van der Waals surface area contributed by atoms with Crippen LogP contribution in [0.5, 0.6) is 5.75 Å². The van der Waals surface area contributed by atoms with Crippen LogP contribution < -0.4 is 4.74 Å².